The molecule has 0 fully saturated rings. The Balaban J connectivity index is 1.76. The molecule has 1 N–H and O–H groups in total. The number of rotatable bonds is 4. The number of oxazole rings is 1. The summed E-state index contributed by atoms with van der Waals surface area (Å²) in [6.45, 7) is 2.49. The Hall–Kier alpha value is -3.34. The van der Waals surface area contributed by atoms with Crippen molar-refractivity contribution in [2.45, 2.75) is 13.5 Å². The molecule has 0 bridgehead atoms. The molecule has 0 aliphatic heterocycles. The first kappa shape index (κ1) is 15.2. The van der Waals surface area contributed by atoms with Gasteiger partial charge in [-0.25, -0.2) is 9.78 Å². The number of nitrogens with zero attached hydrogens (tertiary/aromatic N) is 1. The zero-order valence-corrected chi connectivity index (χ0v) is 13.7. The van der Waals surface area contributed by atoms with Crippen molar-refractivity contribution >= 4 is 16.7 Å². The summed E-state index contributed by atoms with van der Waals surface area (Å²) < 4.78 is 10.6. The molecule has 0 saturated carbocycles. The van der Waals surface area contributed by atoms with E-state index in [2.05, 4.69) is 10.3 Å². The highest BCUT2D eigenvalue weighted by Gasteiger charge is 2.10. The highest BCUT2D eigenvalue weighted by Crippen LogP contribution is 2.31. The molecule has 5 nitrogen and oxygen atoms in total. The van der Waals surface area contributed by atoms with Crippen LogP contribution in [0, 0.1) is 6.92 Å². The average molecular weight is 332 g/mol. The molecule has 0 saturated heterocycles. The number of hydrogen-bond acceptors (Lipinski definition) is 5. The third-order valence-corrected chi connectivity index (χ3v) is 4.11. The lowest BCUT2D eigenvalue weighted by atomic mass is 9.98. The van der Waals surface area contributed by atoms with E-state index in [1.54, 1.807) is 12.3 Å². The maximum absolute atomic E-state index is 12.0. The first-order valence-electron chi connectivity index (χ1n) is 7.97. The molecule has 0 radical (unpaired) electrons. The van der Waals surface area contributed by atoms with Crippen molar-refractivity contribution < 1.29 is 8.83 Å². The monoisotopic (exact) mass is 332 g/mol. The first-order chi connectivity index (χ1) is 12.2. The zero-order chi connectivity index (χ0) is 17.2. The van der Waals surface area contributed by atoms with Gasteiger partial charge in [0.1, 0.15) is 11.8 Å². The summed E-state index contributed by atoms with van der Waals surface area (Å²) >= 11 is 0. The second-order valence-electron chi connectivity index (χ2n) is 5.78. The van der Waals surface area contributed by atoms with Crippen molar-refractivity contribution in [1.29, 1.82) is 0 Å². The number of aromatic nitrogens is 1. The van der Waals surface area contributed by atoms with Crippen molar-refractivity contribution in [3.8, 4) is 11.1 Å². The van der Waals surface area contributed by atoms with Crippen LogP contribution in [-0.4, -0.2) is 4.98 Å². The first-order valence-corrected chi connectivity index (χ1v) is 7.97. The van der Waals surface area contributed by atoms with E-state index >= 15 is 0 Å². The molecule has 0 spiro atoms. The molecule has 0 aliphatic rings. The second-order valence-corrected chi connectivity index (χ2v) is 5.78. The van der Waals surface area contributed by atoms with Crippen LogP contribution in [0.15, 0.2) is 74.6 Å². The lowest BCUT2D eigenvalue weighted by molar-refractivity contribution is 0.504. The number of fused-ring (bicyclic) bond motifs is 1. The third-order valence-electron chi connectivity index (χ3n) is 4.11. The van der Waals surface area contributed by atoms with E-state index in [1.807, 2.05) is 49.4 Å². The van der Waals surface area contributed by atoms with Crippen LogP contribution in [0.4, 0.5) is 5.69 Å². The lowest BCUT2D eigenvalue weighted by Gasteiger charge is -2.10. The van der Waals surface area contributed by atoms with Gasteiger partial charge in [0.15, 0.2) is 0 Å². The van der Waals surface area contributed by atoms with E-state index in [1.165, 1.54) is 6.26 Å². The number of anilines is 1. The van der Waals surface area contributed by atoms with Crippen LogP contribution < -0.4 is 10.9 Å². The number of hydrogen-bond donors (Lipinski definition) is 1. The lowest BCUT2D eigenvalue weighted by Crippen LogP contribution is -2.01. The van der Waals surface area contributed by atoms with Gasteiger partial charge in [-0.15, -0.1) is 0 Å². The molecule has 4 rings (SSSR count). The minimum atomic E-state index is -0.365. The highest BCUT2D eigenvalue weighted by atomic mass is 16.4. The Labute approximate surface area is 143 Å². The molecular formula is C20H16N2O3. The molecule has 0 amide bonds. The maximum atomic E-state index is 12.0. The van der Waals surface area contributed by atoms with Gasteiger partial charge in [0, 0.05) is 28.8 Å². The quantitative estimate of drug-likeness (QED) is 0.562. The SMILES string of the molecule is Cc1ccccc1-c1cc(=O)oc2cc(NCc3ncco3)ccc12. The maximum Gasteiger partial charge on any atom is 0.336 e. The predicted molar refractivity (Wildman–Crippen MR) is 96.5 cm³/mol. The normalized spacial score (nSPS) is 10.9. The molecule has 2 aromatic heterocycles. The fraction of sp³-hybridized carbons (Fsp3) is 0.100. The molecule has 0 atom stereocenters. The number of nitrogens with one attached hydrogen (secondary N) is 1. The van der Waals surface area contributed by atoms with Crippen molar-refractivity contribution in [2.24, 2.45) is 0 Å². The van der Waals surface area contributed by atoms with Gasteiger partial charge in [0.2, 0.25) is 5.89 Å². The Morgan fingerprint density at radius 2 is 1.96 bits per heavy atom. The molecule has 0 unspecified atom stereocenters. The number of aryl methyl sites for hydroxylation is 1. The van der Waals surface area contributed by atoms with Crippen LogP contribution in [0.25, 0.3) is 22.1 Å². The molecular weight excluding hydrogens is 316 g/mol. The Kier molecular flexibility index (Phi) is 3.82. The van der Waals surface area contributed by atoms with Crippen molar-refractivity contribution in [3.05, 3.63) is 82.9 Å². The van der Waals surface area contributed by atoms with Gasteiger partial charge in [-0.05, 0) is 30.2 Å². The third kappa shape index (κ3) is 3.04. The molecule has 0 aliphatic carbocycles. The van der Waals surface area contributed by atoms with Crippen LogP contribution in [0.2, 0.25) is 0 Å². The van der Waals surface area contributed by atoms with E-state index in [0.717, 1.165) is 27.8 Å². The van der Waals surface area contributed by atoms with Crippen LogP contribution in [-0.2, 0) is 6.54 Å². The fourth-order valence-corrected chi connectivity index (χ4v) is 2.89. The van der Waals surface area contributed by atoms with E-state index < -0.39 is 0 Å². The van der Waals surface area contributed by atoms with Gasteiger partial charge in [-0.2, -0.15) is 0 Å². The summed E-state index contributed by atoms with van der Waals surface area (Å²) in [7, 11) is 0. The van der Waals surface area contributed by atoms with Gasteiger partial charge in [-0.1, -0.05) is 24.3 Å². The number of benzene rings is 2. The molecule has 2 aromatic carbocycles. The van der Waals surface area contributed by atoms with Crippen LogP contribution in [0.5, 0.6) is 0 Å². The minimum Gasteiger partial charge on any atom is -0.447 e. The van der Waals surface area contributed by atoms with Crippen LogP contribution >= 0.6 is 0 Å². The zero-order valence-electron chi connectivity index (χ0n) is 13.7. The summed E-state index contributed by atoms with van der Waals surface area (Å²) in [6.07, 6.45) is 3.13. The topological polar surface area (TPSA) is 68.3 Å². The van der Waals surface area contributed by atoms with Crippen LogP contribution in [0.1, 0.15) is 11.5 Å². The van der Waals surface area contributed by atoms with Gasteiger partial charge in [0.05, 0.1) is 12.7 Å². The van der Waals surface area contributed by atoms with Gasteiger partial charge < -0.3 is 14.2 Å². The predicted octanol–water partition coefficient (Wildman–Crippen LogP) is 4.37. The summed E-state index contributed by atoms with van der Waals surface area (Å²) in [6, 6.07) is 15.3. The Morgan fingerprint density at radius 1 is 1.08 bits per heavy atom. The van der Waals surface area contributed by atoms with Gasteiger partial charge in [-0.3, -0.25) is 0 Å². The van der Waals surface area contributed by atoms with Crippen molar-refractivity contribution in [3.63, 3.8) is 0 Å². The molecule has 5 heteroatoms. The fourth-order valence-electron chi connectivity index (χ4n) is 2.89. The second kappa shape index (κ2) is 6.28. The summed E-state index contributed by atoms with van der Waals surface area (Å²) in [5.41, 5.74) is 4.03. The van der Waals surface area contributed by atoms with Gasteiger partial charge >= 0.3 is 5.63 Å². The minimum absolute atomic E-state index is 0.365. The van der Waals surface area contributed by atoms with E-state index in [4.69, 9.17) is 8.83 Å². The molecule has 2 heterocycles. The Bertz CT molecular complexity index is 1080. The smallest absolute Gasteiger partial charge is 0.336 e. The van der Waals surface area contributed by atoms with E-state index in [-0.39, 0.29) is 5.63 Å². The summed E-state index contributed by atoms with van der Waals surface area (Å²) in [5, 5.41) is 4.11. The highest BCUT2D eigenvalue weighted by molar-refractivity contribution is 5.95. The molecule has 25 heavy (non-hydrogen) atoms. The van der Waals surface area contributed by atoms with Crippen molar-refractivity contribution in [2.75, 3.05) is 5.32 Å². The summed E-state index contributed by atoms with van der Waals surface area (Å²) in [4.78, 5) is 16.1. The van der Waals surface area contributed by atoms with E-state index in [0.29, 0.717) is 18.0 Å². The van der Waals surface area contributed by atoms with Gasteiger partial charge in [0.25, 0.3) is 0 Å². The molecule has 4 aromatic rings. The van der Waals surface area contributed by atoms with Crippen molar-refractivity contribution in [1.82, 2.24) is 4.98 Å². The largest absolute Gasteiger partial charge is 0.447 e. The van der Waals surface area contributed by atoms with Crippen LogP contribution in [0.3, 0.4) is 0 Å². The Morgan fingerprint density at radius 3 is 2.76 bits per heavy atom. The molecule has 124 valence electrons. The standard InChI is InChI=1S/C20H16N2O3/c1-13-4-2-3-5-15(13)17-11-20(23)25-18-10-14(6-7-16(17)18)22-12-19-21-8-9-24-19/h2-11,22H,12H2,1H3. The van der Waals surface area contributed by atoms with E-state index in [9.17, 15) is 4.79 Å². The summed E-state index contributed by atoms with van der Waals surface area (Å²) in [5.74, 6) is 0.593. The average Bonchev–Trinajstić information content (AvgIpc) is 3.13.